The van der Waals surface area contributed by atoms with Crippen LogP contribution in [0.3, 0.4) is 0 Å². The van der Waals surface area contributed by atoms with E-state index in [-0.39, 0.29) is 0 Å². The number of hydrogen-bond acceptors (Lipinski definition) is 3. The lowest BCUT2D eigenvalue weighted by Crippen LogP contribution is -2.06. The van der Waals surface area contributed by atoms with Crippen molar-refractivity contribution in [3.05, 3.63) is 0 Å². The van der Waals surface area contributed by atoms with Crippen LogP contribution in [-0.2, 0) is 4.79 Å². The van der Waals surface area contributed by atoms with Crippen LogP contribution < -0.4 is 0 Å². The summed E-state index contributed by atoms with van der Waals surface area (Å²) in [7, 11) is 0. The fourth-order valence-electron chi connectivity index (χ4n) is 1.14. The predicted octanol–water partition coefficient (Wildman–Crippen LogP) is 3.96. The molecular formula is C11H22OS2. The summed E-state index contributed by atoms with van der Waals surface area (Å²) in [5.41, 5.74) is 0. The summed E-state index contributed by atoms with van der Waals surface area (Å²) in [5.74, 6) is 0. The predicted molar refractivity (Wildman–Crippen MR) is 69.2 cm³/mol. The van der Waals surface area contributed by atoms with E-state index in [1.54, 1.807) is 0 Å². The lowest BCUT2D eigenvalue weighted by atomic mass is 10.3. The number of thioether (sulfide) groups is 2. The van der Waals surface area contributed by atoms with E-state index in [1.165, 1.54) is 0 Å². The summed E-state index contributed by atoms with van der Waals surface area (Å²) in [6, 6.07) is 0. The summed E-state index contributed by atoms with van der Waals surface area (Å²) in [6.45, 7) is 8.94. The second-order valence-corrected chi connectivity index (χ2v) is 7.76. The van der Waals surface area contributed by atoms with Crippen molar-refractivity contribution in [2.24, 2.45) is 0 Å². The average molecular weight is 234 g/mol. The normalized spacial score (nSPS) is 11.6. The lowest BCUT2D eigenvalue weighted by Gasteiger charge is -2.19. The van der Waals surface area contributed by atoms with Crippen molar-refractivity contribution >= 4 is 29.8 Å². The SMILES string of the molecule is CC(C)SC(CCCC=O)SC(C)C. The topological polar surface area (TPSA) is 17.1 Å². The van der Waals surface area contributed by atoms with Gasteiger partial charge in [0.25, 0.3) is 0 Å². The van der Waals surface area contributed by atoms with Gasteiger partial charge in [0.1, 0.15) is 6.29 Å². The van der Waals surface area contributed by atoms with Crippen LogP contribution in [0.15, 0.2) is 0 Å². The van der Waals surface area contributed by atoms with Crippen molar-refractivity contribution in [1.82, 2.24) is 0 Å². The monoisotopic (exact) mass is 234 g/mol. The fourth-order valence-corrected chi connectivity index (χ4v) is 4.55. The van der Waals surface area contributed by atoms with Crippen LogP contribution in [0.4, 0.5) is 0 Å². The molecule has 0 aliphatic rings. The maximum atomic E-state index is 10.2. The molecule has 0 aromatic carbocycles. The molecule has 14 heavy (non-hydrogen) atoms. The lowest BCUT2D eigenvalue weighted by molar-refractivity contribution is -0.107. The zero-order valence-electron chi connectivity index (χ0n) is 9.66. The summed E-state index contributed by atoms with van der Waals surface area (Å²) in [4.78, 5) is 10.2. The number of carbonyl (C=O) groups excluding carboxylic acids is 1. The van der Waals surface area contributed by atoms with Crippen molar-refractivity contribution in [1.29, 1.82) is 0 Å². The number of rotatable bonds is 8. The van der Waals surface area contributed by atoms with E-state index in [2.05, 4.69) is 27.7 Å². The van der Waals surface area contributed by atoms with Crippen LogP contribution >= 0.6 is 23.5 Å². The smallest absolute Gasteiger partial charge is 0.119 e. The van der Waals surface area contributed by atoms with Crippen molar-refractivity contribution in [3.63, 3.8) is 0 Å². The van der Waals surface area contributed by atoms with Crippen LogP contribution in [0, 0.1) is 0 Å². The maximum Gasteiger partial charge on any atom is 0.119 e. The third-order valence-corrected chi connectivity index (χ3v) is 4.44. The minimum absolute atomic E-state index is 0.662. The first-order valence-electron chi connectivity index (χ1n) is 5.30. The van der Waals surface area contributed by atoms with E-state index in [0.717, 1.165) is 19.1 Å². The molecule has 0 rings (SSSR count). The van der Waals surface area contributed by atoms with Gasteiger partial charge in [0.2, 0.25) is 0 Å². The highest BCUT2D eigenvalue weighted by molar-refractivity contribution is 8.17. The molecule has 0 saturated carbocycles. The van der Waals surface area contributed by atoms with Gasteiger partial charge in [0.05, 0.1) is 4.58 Å². The number of hydrogen-bond donors (Lipinski definition) is 0. The first kappa shape index (κ1) is 14.4. The third-order valence-electron chi connectivity index (χ3n) is 1.61. The van der Waals surface area contributed by atoms with Crippen LogP contribution in [0.1, 0.15) is 47.0 Å². The molecule has 0 fully saturated rings. The molecule has 0 aliphatic carbocycles. The Hall–Kier alpha value is 0.370. The van der Waals surface area contributed by atoms with E-state index >= 15 is 0 Å². The van der Waals surface area contributed by atoms with E-state index in [0.29, 0.717) is 21.5 Å². The Morgan fingerprint density at radius 3 is 1.93 bits per heavy atom. The van der Waals surface area contributed by atoms with Crippen LogP contribution in [-0.4, -0.2) is 21.4 Å². The van der Waals surface area contributed by atoms with Crippen molar-refractivity contribution in [2.75, 3.05) is 0 Å². The molecule has 0 N–H and O–H groups in total. The van der Waals surface area contributed by atoms with Crippen LogP contribution in [0.25, 0.3) is 0 Å². The standard InChI is InChI=1S/C11H22OS2/c1-9(2)13-11(14-10(3)4)7-5-6-8-12/h8-11H,5-7H2,1-4H3. The van der Waals surface area contributed by atoms with Crippen molar-refractivity contribution in [2.45, 2.75) is 62.0 Å². The van der Waals surface area contributed by atoms with Gasteiger partial charge in [-0.15, -0.1) is 23.5 Å². The molecule has 0 saturated heterocycles. The zero-order valence-corrected chi connectivity index (χ0v) is 11.3. The Bertz CT molecular complexity index is 136. The molecular weight excluding hydrogens is 212 g/mol. The van der Waals surface area contributed by atoms with Gasteiger partial charge in [-0.2, -0.15) is 0 Å². The second-order valence-electron chi connectivity index (χ2n) is 3.90. The van der Waals surface area contributed by atoms with Crippen LogP contribution in [0.5, 0.6) is 0 Å². The maximum absolute atomic E-state index is 10.2. The molecule has 0 bridgehead atoms. The van der Waals surface area contributed by atoms with Gasteiger partial charge >= 0.3 is 0 Å². The Morgan fingerprint density at radius 1 is 1.07 bits per heavy atom. The van der Waals surface area contributed by atoms with Crippen molar-refractivity contribution < 1.29 is 4.79 Å². The van der Waals surface area contributed by atoms with Gasteiger partial charge in [-0.25, -0.2) is 0 Å². The summed E-state index contributed by atoms with van der Waals surface area (Å²) in [5, 5.41) is 1.37. The summed E-state index contributed by atoms with van der Waals surface area (Å²) in [6.07, 6.45) is 3.93. The van der Waals surface area contributed by atoms with E-state index in [9.17, 15) is 4.79 Å². The molecule has 0 amide bonds. The molecule has 0 radical (unpaired) electrons. The van der Waals surface area contributed by atoms with Gasteiger partial charge in [-0.1, -0.05) is 27.7 Å². The van der Waals surface area contributed by atoms with Gasteiger partial charge in [-0.05, 0) is 12.8 Å². The van der Waals surface area contributed by atoms with Gasteiger partial charge in [0, 0.05) is 16.9 Å². The Labute approximate surface area is 96.8 Å². The molecule has 1 nitrogen and oxygen atoms in total. The average Bonchev–Trinajstić information content (AvgIpc) is 2.02. The Kier molecular flexibility index (Phi) is 8.89. The number of unbranched alkanes of at least 4 members (excludes halogenated alkanes) is 1. The van der Waals surface area contributed by atoms with E-state index < -0.39 is 0 Å². The van der Waals surface area contributed by atoms with E-state index in [1.807, 2.05) is 23.5 Å². The second kappa shape index (κ2) is 8.66. The highest BCUT2D eigenvalue weighted by atomic mass is 32.2. The number of aldehydes is 1. The quantitative estimate of drug-likeness (QED) is 0.359. The molecule has 0 atom stereocenters. The highest BCUT2D eigenvalue weighted by Crippen LogP contribution is 2.33. The summed E-state index contributed by atoms with van der Waals surface area (Å²) >= 11 is 4.05. The van der Waals surface area contributed by atoms with Gasteiger partial charge in [-0.3, -0.25) is 0 Å². The van der Waals surface area contributed by atoms with E-state index in [4.69, 9.17) is 0 Å². The molecule has 0 aromatic heterocycles. The zero-order chi connectivity index (χ0) is 11.0. The molecule has 84 valence electrons. The van der Waals surface area contributed by atoms with Gasteiger partial charge in [0.15, 0.2) is 0 Å². The Morgan fingerprint density at radius 2 is 1.57 bits per heavy atom. The molecule has 3 heteroatoms. The molecule has 0 spiro atoms. The third kappa shape index (κ3) is 8.95. The molecule has 0 aliphatic heterocycles. The first-order chi connectivity index (χ1) is 6.56. The molecule has 0 heterocycles. The van der Waals surface area contributed by atoms with Crippen molar-refractivity contribution in [3.8, 4) is 0 Å². The van der Waals surface area contributed by atoms with Gasteiger partial charge < -0.3 is 4.79 Å². The minimum Gasteiger partial charge on any atom is -0.303 e. The fraction of sp³-hybridized carbons (Fsp3) is 0.909. The first-order valence-corrected chi connectivity index (χ1v) is 7.19. The Balaban J connectivity index is 3.77. The molecule has 0 aromatic rings. The number of carbonyl (C=O) groups is 1. The van der Waals surface area contributed by atoms with Crippen LogP contribution in [0.2, 0.25) is 0 Å². The molecule has 0 unspecified atom stereocenters. The highest BCUT2D eigenvalue weighted by Gasteiger charge is 2.13. The minimum atomic E-state index is 0.662. The summed E-state index contributed by atoms with van der Waals surface area (Å²) < 4.78 is 0.662. The largest absolute Gasteiger partial charge is 0.303 e.